The summed E-state index contributed by atoms with van der Waals surface area (Å²) in [6.07, 6.45) is -2.43. The number of amides is 2. The lowest BCUT2D eigenvalue weighted by Gasteiger charge is -2.31. The van der Waals surface area contributed by atoms with Crippen molar-refractivity contribution in [1.82, 2.24) is 9.80 Å². The molecule has 0 saturated carbocycles. The number of hydrogen-bond donors (Lipinski definition) is 1. The molecule has 1 saturated heterocycles. The van der Waals surface area contributed by atoms with Gasteiger partial charge in [0.05, 0.1) is 23.7 Å². The van der Waals surface area contributed by atoms with Gasteiger partial charge in [-0.3, -0.25) is 14.5 Å². The quantitative estimate of drug-likeness (QED) is 0.816. The molecule has 1 aliphatic rings. The van der Waals surface area contributed by atoms with E-state index in [0.29, 0.717) is 5.92 Å². The number of likely N-dealkylation sites (N-methyl/N-ethyl adjacent to an activating group) is 1. The predicted molar refractivity (Wildman–Crippen MR) is 97.6 cm³/mol. The van der Waals surface area contributed by atoms with Crippen LogP contribution in [0.4, 0.5) is 18.9 Å². The maximum absolute atomic E-state index is 12.9. The van der Waals surface area contributed by atoms with Crippen LogP contribution in [0.15, 0.2) is 18.2 Å². The van der Waals surface area contributed by atoms with Crippen molar-refractivity contribution in [2.75, 3.05) is 38.5 Å². The molecule has 0 radical (unpaired) electrons. The van der Waals surface area contributed by atoms with Gasteiger partial charge in [-0.2, -0.15) is 13.2 Å². The second kappa shape index (κ2) is 8.93. The van der Waals surface area contributed by atoms with Crippen LogP contribution in [0.2, 0.25) is 5.02 Å². The zero-order valence-electron chi connectivity index (χ0n) is 15.3. The van der Waals surface area contributed by atoms with Crippen LogP contribution >= 0.6 is 11.6 Å². The van der Waals surface area contributed by atoms with Crippen LogP contribution in [0.1, 0.15) is 25.3 Å². The number of hydrogen-bond acceptors (Lipinski definition) is 3. The zero-order chi connectivity index (χ0) is 20.2. The number of carbonyl (C=O) groups excluding carboxylic acids is 2. The minimum absolute atomic E-state index is 0.0255. The lowest BCUT2D eigenvalue weighted by atomic mass is 10.0. The summed E-state index contributed by atoms with van der Waals surface area (Å²) in [5.41, 5.74) is -1.05. The molecule has 150 valence electrons. The van der Waals surface area contributed by atoms with E-state index in [-0.39, 0.29) is 24.7 Å². The average molecular weight is 406 g/mol. The molecule has 5 nitrogen and oxygen atoms in total. The molecule has 1 N–H and O–H groups in total. The highest BCUT2D eigenvalue weighted by Gasteiger charge is 2.33. The number of benzene rings is 1. The number of anilines is 1. The molecule has 1 heterocycles. The lowest BCUT2D eigenvalue weighted by molar-refractivity contribution is -0.137. The number of halogens is 4. The van der Waals surface area contributed by atoms with E-state index in [0.717, 1.165) is 38.1 Å². The topological polar surface area (TPSA) is 52.7 Å². The molecular weight excluding hydrogens is 383 g/mol. The first-order chi connectivity index (χ1) is 12.6. The number of likely N-dealkylation sites (tertiary alicyclic amines) is 1. The van der Waals surface area contributed by atoms with Gasteiger partial charge in [-0.05, 0) is 43.5 Å². The summed E-state index contributed by atoms with van der Waals surface area (Å²) in [5, 5.41) is 1.93. The number of rotatable bonds is 5. The Kier molecular flexibility index (Phi) is 7.11. The normalized spacial score (nSPS) is 18.2. The van der Waals surface area contributed by atoms with Crippen LogP contribution in [0.25, 0.3) is 0 Å². The Balaban J connectivity index is 1.90. The second-order valence-corrected chi connectivity index (χ2v) is 7.38. The van der Waals surface area contributed by atoms with Crippen molar-refractivity contribution in [3.8, 4) is 0 Å². The first-order valence-corrected chi connectivity index (χ1v) is 9.07. The maximum Gasteiger partial charge on any atom is 0.417 e. The third-order valence-corrected chi connectivity index (χ3v) is 4.79. The molecule has 1 aliphatic heterocycles. The molecule has 27 heavy (non-hydrogen) atoms. The minimum Gasteiger partial charge on any atom is -0.335 e. The highest BCUT2D eigenvalue weighted by atomic mass is 35.5. The van der Waals surface area contributed by atoms with Gasteiger partial charge in [0.2, 0.25) is 11.8 Å². The third kappa shape index (κ3) is 6.39. The average Bonchev–Trinajstić information content (AvgIpc) is 2.55. The molecule has 0 spiro atoms. The number of piperidine rings is 1. The van der Waals surface area contributed by atoms with Crippen molar-refractivity contribution in [2.24, 2.45) is 5.92 Å². The van der Waals surface area contributed by atoms with Gasteiger partial charge in [-0.25, -0.2) is 0 Å². The van der Waals surface area contributed by atoms with E-state index in [1.807, 2.05) is 0 Å². The summed E-state index contributed by atoms with van der Waals surface area (Å²) in [6.45, 7) is 3.81. The number of nitrogens with one attached hydrogen (secondary N) is 1. The molecule has 0 aromatic heterocycles. The summed E-state index contributed by atoms with van der Waals surface area (Å²) in [7, 11) is 1.50. The predicted octanol–water partition coefficient (Wildman–Crippen LogP) is 3.49. The number of alkyl halides is 3. The third-order valence-electron chi connectivity index (χ3n) is 4.46. The van der Waals surface area contributed by atoms with Gasteiger partial charge in [0.15, 0.2) is 0 Å². The van der Waals surface area contributed by atoms with Gasteiger partial charge in [0.25, 0.3) is 0 Å². The van der Waals surface area contributed by atoms with Gasteiger partial charge >= 0.3 is 6.18 Å². The molecule has 2 amide bonds. The van der Waals surface area contributed by atoms with E-state index in [1.54, 1.807) is 0 Å². The van der Waals surface area contributed by atoms with Gasteiger partial charge in [-0.15, -0.1) is 0 Å². The highest BCUT2D eigenvalue weighted by molar-refractivity contribution is 6.31. The summed E-state index contributed by atoms with van der Waals surface area (Å²) in [4.78, 5) is 27.7. The van der Waals surface area contributed by atoms with Crippen LogP contribution in [0.3, 0.4) is 0 Å². The van der Waals surface area contributed by atoms with E-state index in [1.165, 1.54) is 18.0 Å². The van der Waals surface area contributed by atoms with E-state index < -0.39 is 22.7 Å². The molecule has 2 rings (SSSR count). The SMILES string of the molecule is C[C@H]1CCCN(CC(=O)N(C)CC(=O)Nc2ccc(Cl)c(C(F)(F)F)c2)C1. The van der Waals surface area contributed by atoms with Crippen molar-refractivity contribution in [3.05, 3.63) is 28.8 Å². The molecule has 1 aromatic rings. The molecule has 9 heteroatoms. The van der Waals surface area contributed by atoms with Gasteiger partial charge in [-0.1, -0.05) is 18.5 Å². The monoisotopic (exact) mass is 405 g/mol. The number of nitrogens with zero attached hydrogens (tertiary/aromatic N) is 2. The van der Waals surface area contributed by atoms with Crippen LogP contribution in [0, 0.1) is 5.92 Å². The smallest absolute Gasteiger partial charge is 0.335 e. The van der Waals surface area contributed by atoms with E-state index >= 15 is 0 Å². The second-order valence-electron chi connectivity index (χ2n) is 6.97. The minimum atomic E-state index is -4.61. The van der Waals surface area contributed by atoms with Crippen molar-refractivity contribution in [2.45, 2.75) is 25.9 Å². The maximum atomic E-state index is 12.9. The summed E-state index contributed by atoms with van der Waals surface area (Å²) >= 11 is 5.56. The Hall–Kier alpha value is -1.80. The molecule has 0 aliphatic carbocycles. The van der Waals surface area contributed by atoms with Crippen molar-refractivity contribution >= 4 is 29.1 Å². The van der Waals surface area contributed by atoms with Gasteiger partial charge in [0.1, 0.15) is 0 Å². The van der Waals surface area contributed by atoms with E-state index in [4.69, 9.17) is 11.6 Å². The largest absolute Gasteiger partial charge is 0.417 e. The van der Waals surface area contributed by atoms with E-state index in [2.05, 4.69) is 17.1 Å². The van der Waals surface area contributed by atoms with Gasteiger partial charge in [0, 0.05) is 19.3 Å². The molecule has 0 unspecified atom stereocenters. The van der Waals surface area contributed by atoms with Crippen molar-refractivity contribution in [3.63, 3.8) is 0 Å². The molecule has 1 aromatic carbocycles. The summed E-state index contributed by atoms with van der Waals surface area (Å²) in [5.74, 6) is -0.243. The molecular formula is C18H23ClF3N3O2. The first-order valence-electron chi connectivity index (χ1n) is 8.69. The fraction of sp³-hybridized carbons (Fsp3) is 0.556. The van der Waals surface area contributed by atoms with Crippen molar-refractivity contribution < 1.29 is 22.8 Å². The Labute approximate surface area is 161 Å². The Morgan fingerprint density at radius 2 is 2.07 bits per heavy atom. The standard InChI is InChI=1S/C18H23ClF3N3O2/c1-12-4-3-7-25(9-12)11-17(27)24(2)10-16(26)23-13-5-6-15(19)14(8-13)18(20,21)22/h5-6,8,12H,3-4,7,9-11H2,1-2H3,(H,23,26)/t12-/m0/s1. The summed E-state index contributed by atoms with van der Waals surface area (Å²) in [6, 6.07) is 3.13. The van der Waals surface area contributed by atoms with Crippen LogP contribution in [-0.4, -0.2) is 54.8 Å². The Morgan fingerprint density at radius 1 is 1.37 bits per heavy atom. The van der Waals surface area contributed by atoms with Crippen LogP contribution < -0.4 is 5.32 Å². The highest BCUT2D eigenvalue weighted by Crippen LogP contribution is 2.36. The Bertz CT molecular complexity index is 697. The first kappa shape index (κ1) is 21.5. The number of carbonyl (C=O) groups is 2. The molecule has 0 bridgehead atoms. The fourth-order valence-electron chi connectivity index (χ4n) is 3.07. The van der Waals surface area contributed by atoms with Crippen LogP contribution in [-0.2, 0) is 15.8 Å². The van der Waals surface area contributed by atoms with Crippen LogP contribution in [0.5, 0.6) is 0 Å². The zero-order valence-corrected chi connectivity index (χ0v) is 16.0. The lowest BCUT2D eigenvalue weighted by Crippen LogP contribution is -2.44. The summed E-state index contributed by atoms with van der Waals surface area (Å²) < 4.78 is 38.6. The van der Waals surface area contributed by atoms with Crippen molar-refractivity contribution in [1.29, 1.82) is 0 Å². The molecule has 1 fully saturated rings. The van der Waals surface area contributed by atoms with E-state index in [9.17, 15) is 22.8 Å². The Morgan fingerprint density at radius 3 is 2.70 bits per heavy atom. The fourth-order valence-corrected chi connectivity index (χ4v) is 3.29. The van der Waals surface area contributed by atoms with Gasteiger partial charge < -0.3 is 10.2 Å². The molecule has 1 atom stereocenters.